The fourth-order valence-corrected chi connectivity index (χ4v) is 4.90. The van der Waals surface area contributed by atoms with E-state index in [0.29, 0.717) is 24.4 Å². The number of allylic oxidation sites excluding steroid dienone is 2. The minimum atomic E-state index is 0.0179. The summed E-state index contributed by atoms with van der Waals surface area (Å²) in [6, 6.07) is 15.2. The molecule has 3 unspecified atom stereocenters. The number of hydrogen-bond donors (Lipinski definition) is 2. The van der Waals surface area contributed by atoms with Crippen LogP contribution in [0.5, 0.6) is 0 Å². The Balaban J connectivity index is 1.52. The lowest BCUT2D eigenvalue weighted by atomic mass is 9.76. The maximum Gasteiger partial charge on any atom is 0.251 e. The second kappa shape index (κ2) is 9.05. The van der Waals surface area contributed by atoms with Crippen molar-refractivity contribution in [1.82, 2.24) is 10.2 Å². The molecule has 0 radical (unpaired) electrons. The molecule has 2 aromatic rings. The molecule has 1 amide bonds. The predicted molar refractivity (Wildman–Crippen MR) is 124 cm³/mol. The fourth-order valence-electron chi connectivity index (χ4n) is 4.90. The van der Waals surface area contributed by atoms with E-state index >= 15 is 0 Å². The third kappa shape index (κ3) is 4.15. The maximum absolute atomic E-state index is 12.7. The first-order chi connectivity index (χ1) is 14.6. The molecular formula is C26H33N3O. The SMILES string of the molecule is CCN(CC)CCNC(=O)c1ccc2c(c1)C1C=CCC1C(c1cccc(C)c1)N2. The number of fused-ring (bicyclic) bond motifs is 3. The molecule has 158 valence electrons. The zero-order valence-corrected chi connectivity index (χ0v) is 18.3. The summed E-state index contributed by atoms with van der Waals surface area (Å²) in [4.78, 5) is 15.1. The molecule has 3 atom stereocenters. The van der Waals surface area contributed by atoms with Gasteiger partial charge in [-0.1, -0.05) is 55.8 Å². The Kier molecular flexibility index (Phi) is 6.24. The Hall–Kier alpha value is -2.59. The third-order valence-corrected chi connectivity index (χ3v) is 6.63. The highest BCUT2D eigenvalue weighted by Crippen LogP contribution is 2.49. The van der Waals surface area contributed by atoms with E-state index in [1.54, 1.807) is 0 Å². The van der Waals surface area contributed by atoms with Crippen molar-refractivity contribution in [2.24, 2.45) is 5.92 Å². The smallest absolute Gasteiger partial charge is 0.251 e. The molecule has 2 aliphatic rings. The number of nitrogens with one attached hydrogen (secondary N) is 2. The van der Waals surface area contributed by atoms with Crippen LogP contribution in [0.25, 0.3) is 0 Å². The molecule has 1 aliphatic heterocycles. The zero-order chi connectivity index (χ0) is 21.1. The van der Waals surface area contributed by atoms with E-state index in [0.717, 1.165) is 37.3 Å². The van der Waals surface area contributed by atoms with Gasteiger partial charge < -0.3 is 15.5 Å². The van der Waals surface area contributed by atoms with Gasteiger partial charge in [-0.05, 0) is 61.7 Å². The lowest BCUT2D eigenvalue weighted by Gasteiger charge is -2.37. The lowest BCUT2D eigenvalue weighted by Crippen LogP contribution is -2.35. The fraction of sp³-hybridized carbons (Fsp3) is 0.423. The molecule has 4 heteroatoms. The van der Waals surface area contributed by atoms with Crippen LogP contribution in [-0.4, -0.2) is 37.0 Å². The van der Waals surface area contributed by atoms with Crippen LogP contribution in [-0.2, 0) is 0 Å². The quantitative estimate of drug-likeness (QED) is 0.647. The van der Waals surface area contributed by atoms with Crippen LogP contribution in [0.3, 0.4) is 0 Å². The highest BCUT2D eigenvalue weighted by Gasteiger charge is 2.38. The monoisotopic (exact) mass is 403 g/mol. The number of aryl methyl sites for hydroxylation is 1. The lowest BCUT2D eigenvalue weighted by molar-refractivity contribution is 0.0948. The number of anilines is 1. The molecule has 4 rings (SSSR count). The van der Waals surface area contributed by atoms with Gasteiger partial charge in [-0.25, -0.2) is 0 Å². The summed E-state index contributed by atoms with van der Waals surface area (Å²) in [5.41, 5.74) is 5.78. The second-order valence-electron chi connectivity index (χ2n) is 8.47. The van der Waals surface area contributed by atoms with Crippen molar-refractivity contribution in [2.45, 2.75) is 39.2 Å². The van der Waals surface area contributed by atoms with Crippen molar-refractivity contribution in [2.75, 3.05) is 31.5 Å². The van der Waals surface area contributed by atoms with Crippen LogP contribution in [0.1, 0.15) is 59.3 Å². The van der Waals surface area contributed by atoms with Crippen LogP contribution in [0, 0.1) is 12.8 Å². The van der Waals surface area contributed by atoms with Gasteiger partial charge in [-0.3, -0.25) is 4.79 Å². The van der Waals surface area contributed by atoms with Gasteiger partial charge in [0.15, 0.2) is 0 Å². The summed E-state index contributed by atoms with van der Waals surface area (Å²) in [5, 5.41) is 6.86. The van der Waals surface area contributed by atoms with Crippen molar-refractivity contribution < 1.29 is 4.79 Å². The van der Waals surface area contributed by atoms with Crippen LogP contribution in [0.2, 0.25) is 0 Å². The van der Waals surface area contributed by atoms with E-state index in [1.165, 1.54) is 16.7 Å². The van der Waals surface area contributed by atoms with Gasteiger partial charge in [-0.15, -0.1) is 0 Å². The first-order valence-electron chi connectivity index (χ1n) is 11.2. The van der Waals surface area contributed by atoms with Gasteiger partial charge in [0.25, 0.3) is 5.91 Å². The number of rotatable bonds is 7. The van der Waals surface area contributed by atoms with Crippen molar-refractivity contribution in [1.29, 1.82) is 0 Å². The third-order valence-electron chi connectivity index (χ3n) is 6.63. The first kappa shape index (κ1) is 20.7. The Labute approximate surface area is 180 Å². The van der Waals surface area contributed by atoms with Gasteiger partial charge >= 0.3 is 0 Å². The summed E-state index contributed by atoms with van der Waals surface area (Å²) < 4.78 is 0. The Morgan fingerprint density at radius 1 is 1.17 bits per heavy atom. The van der Waals surface area contributed by atoms with Crippen molar-refractivity contribution >= 4 is 11.6 Å². The summed E-state index contributed by atoms with van der Waals surface area (Å²) in [6.45, 7) is 10.0. The molecule has 0 saturated carbocycles. The number of benzene rings is 2. The van der Waals surface area contributed by atoms with Crippen LogP contribution in [0.15, 0.2) is 54.6 Å². The van der Waals surface area contributed by atoms with Crippen LogP contribution >= 0.6 is 0 Å². The minimum absolute atomic E-state index is 0.0179. The zero-order valence-electron chi connectivity index (χ0n) is 18.3. The number of carbonyl (C=O) groups is 1. The number of likely N-dealkylation sites (N-methyl/N-ethyl adjacent to an activating group) is 1. The van der Waals surface area contributed by atoms with E-state index < -0.39 is 0 Å². The molecule has 0 spiro atoms. The normalized spacial score (nSPS) is 21.8. The highest BCUT2D eigenvalue weighted by atomic mass is 16.1. The van der Waals surface area contributed by atoms with Gasteiger partial charge in [0.2, 0.25) is 0 Å². The van der Waals surface area contributed by atoms with E-state index in [4.69, 9.17) is 0 Å². The number of nitrogens with zero attached hydrogens (tertiary/aromatic N) is 1. The molecule has 1 heterocycles. The van der Waals surface area contributed by atoms with Crippen molar-refractivity contribution in [3.8, 4) is 0 Å². The van der Waals surface area contributed by atoms with Crippen LogP contribution in [0.4, 0.5) is 5.69 Å². The Bertz CT molecular complexity index is 932. The average Bonchev–Trinajstić information content (AvgIpc) is 3.26. The largest absolute Gasteiger partial charge is 0.378 e. The highest BCUT2D eigenvalue weighted by molar-refractivity contribution is 5.95. The Morgan fingerprint density at radius 2 is 2.00 bits per heavy atom. The number of amides is 1. The van der Waals surface area contributed by atoms with Gasteiger partial charge in [-0.2, -0.15) is 0 Å². The predicted octanol–water partition coefficient (Wildman–Crippen LogP) is 4.89. The summed E-state index contributed by atoms with van der Waals surface area (Å²) in [5.74, 6) is 0.861. The molecule has 2 aromatic carbocycles. The first-order valence-corrected chi connectivity index (χ1v) is 11.2. The van der Waals surface area contributed by atoms with Gasteiger partial charge in [0, 0.05) is 30.3 Å². The summed E-state index contributed by atoms with van der Waals surface area (Å²) in [7, 11) is 0. The molecule has 2 N–H and O–H groups in total. The van der Waals surface area contributed by atoms with E-state index in [-0.39, 0.29) is 5.91 Å². The topological polar surface area (TPSA) is 44.4 Å². The minimum Gasteiger partial charge on any atom is -0.378 e. The molecule has 1 aliphatic carbocycles. The second-order valence-corrected chi connectivity index (χ2v) is 8.47. The molecule has 0 aromatic heterocycles. The number of hydrogen-bond acceptors (Lipinski definition) is 3. The van der Waals surface area contributed by atoms with Gasteiger partial charge in [0.1, 0.15) is 0 Å². The van der Waals surface area contributed by atoms with E-state index in [1.807, 2.05) is 6.07 Å². The van der Waals surface area contributed by atoms with Crippen molar-refractivity contribution in [3.05, 3.63) is 76.9 Å². The number of carbonyl (C=O) groups excluding carboxylic acids is 1. The molecule has 0 saturated heterocycles. The molecule has 30 heavy (non-hydrogen) atoms. The molecule has 4 nitrogen and oxygen atoms in total. The van der Waals surface area contributed by atoms with Crippen LogP contribution < -0.4 is 10.6 Å². The maximum atomic E-state index is 12.7. The average molecular weight is 404 g/mol. The van der Waals surface area contributed by atoms with E-state index in [9.17, 15) is 4.79 Å². The van der Waals surface area contributed by atoms with Crippen molar-refractivity contribution in [3.63, 3.8) is 0 Å². The van der Waals surface area contributed by atoms with Gasteiger partial charge in [0.05, 0.1) is 6.04 Å². The van der Waals surface area contributed by atoms with E-state index in [2.05, 4.69) is 84.9 Å². The summed E-state index contributed by atoms with van der Waals surface area (Å²) >= 11 is 0. The Morgan fingerprint density at radius 3 is 2.77 bits per heavy atom. The molecular weight excluding hydrogens is 370 g/mol. The standard InChI is InChI=1S/C26H33N3O/c1-4-29(5-2)15-14-27-26(30)20-12-13-24-23(17-20)21-10-7-11-22(21)25(28-24)19-9-6-8-18(3)16-19/h6-10,12-13,16-17,21-22,25,28H,4-5,11,14-15H2,1-3H3,(H,27,30). The summed E-state index contributed by atoms with van der Waals surface area (Å²) in [6.07, 6.45) is 5.69. The molecule has 0 fully saturated rings. The molecule has 0 bridgehead atoms.